The number of carbonyl (C=O) groups is 1. The zero-order valence-electron chi connectivity index (χ0n) is 9.98. The Bertz CT molecular complexity index is 282. The molecule has 0 unspecified atom stereocenters. The Labute approximate surface area is 96.0 Å². The second-order valence-electron chi connectivity index (χ2n) is 4.95. The lowest BCUT2D eigenvalue weighted by atomic mass is 9.95. The average molecular weight is 228 g/mol. The first-order chi connectivity index (χ1) is 7.59. The van der Waals surface area contributed by atoms with Gasteiger partial charge in [0, 0.05) is 32.6 Å². The lowest BCUT2D eigenvalue weighted by Gasteiger charge is -2.32. The van der Waals surface area contributed by atoms with Crippen LogP contribution < -0.4 is 0 Å². The van der Waals surface area contributed by atoms with Crippen LogP contribution in [0.5, 0.6) is 0 Å². The Morgan fingerprint density at radius 1 is 1.56 bits per heavy atom. The average Bonchev–Trinajstić information content (AvgIpc) is 2.79. The number of aliphatic hydroxyl groups is 1. The van der Waals surface area contributed by atoms with Crippen LogP contribution in [0.3, 0.4) is 0 Å². The van der Waals surface area contributed by atoms with Crippen molar-refractivity contribution in [2.24, 2.45) is 0 Å². The molecule has 5 heteroatoms. The molecule has 2 saturated heterocycles. The van der Waals surface area contributed by atoms with Gasteiger partial charge < -0.3 is 14.7 Å². The molecule has 0 aliphatic carbocycles. The fraction of sp³-hybridized carbons (Fsp3) is 0.909. The number of rotatable bonds is 2. The van der Waals surface area contributed by atoms with E-state index in [-0.39, 0.29) is 24.5 Å². The summed E-state index contributed by atoms with van der Waals surface area (Å²) < 4.78 is 5.42. The van der Waals surface area contributed by atoms with Crippen molar-refractivity contribution in [2.75, 3.05) is 27.2 Å². The smallest absolute Gasteiger partial charge is 0.410 e. The Hall–Kier alpha value is -0.810. The minimum Gasteiger partial charge on any atom is -0.430 e. The Morgan fingerprint density at radius 2 is 2.31 bits per heavy atom. The van der Waals surface area contributed by atoms with Crippen molar-refractivity contribution in [1.29, 1.82) is 0 Å². The highest BCUT2D eigenvalue weighted by Crippen LogP contribution is 2.42. The standard InChI is InChI=1S/C11H20N2O3/c1-12(2)10(15)16-9-4-6-11(8-14)5-3-7-13(9)11/h9,14H,3-8H2,1-2H3/t9-,11+/m0/s1. The van der Waals surface area contributed by atoms with Crippen LogP contribution in [0.1, 0.15) is 25.7 Å². The number of hydrogen-bond donors (Lipinski definition) is 1. The summed E-state index contributed by atoms with van der Waals surface area (Å²) in [4.78, 5) is 15.1. The van der Waals surface area contributed by atoms with Gasteiger partial charge in [0.2, 0.25) is 0 Å². The summed E-state index contributed by atoms with van der Waals surface area (Å²) in [6, 6.07) is 0. The SMILES string of the molecule is CN(C)C(=O)O[C@H]1CC[C@@]2(CO)CCCN12. The lowest BCUT2D eigenvalue weighted by Crippen LogP contribution is -2.47. The number of amides is 1. The highest BCUT2D eigenvalue weighted by atomic mass is 16.6. The van der Waals surface area contributed by atoms with Crippen molar-refractivity contribution >= 4 is 6.09 Å². The van der Waals surface area contributed by atoms with Crippen LogP contribution >= 0.6 is 0 Å². The molecule has 0 spiro atoms. The van der Waals surface area contributed by atoms with E-state index >= 15 is 0 Å². The van der Waals surface area contributed by atoms with E-state index in [1.54, 1.807) is 14.1 Å². The van der Waals surface area contributed by atoms with Crippen LogP contribution in [-0.4, -0.2) is 60.0 Å². The molecule has 2 heterocycles. The number of carbonyl (C=O) groups excluding carboxylic acids is 1. The fourth-order valence-corrected chi connectivity index (χ4v) is 2.82. The Balaban J connectivity index is 2.01. The van der Waals surface area contributed by atoms with Gasteiger partial charge in [0.25, 0.3) is 0 Å². The summed E-state index contributed by atoms with van der Waals surface area (Å²) in [7, 11) is 3.36. The van der Waals surface area contributed by atoms with Crippen LogP contribution in [0.4, 0.5) is 4.79 Å². The van der Waals surface area contributed by atoms with Crippen LogP contribution in [0, 0.1) is 0 Å². The molecule has 2 aliphatic rings. The second kappa shape index (κ2) is 4.22. The number of fused-ring (bicyclic) bond motifs is 1. The highest BCUT2D eigenvalue weighted by molar-refractivity contribution is 5.67. The third kappa shape index (κ3) is 1.78. The Morgan fingerprint density at radius 3 is 2.94 bits per heavy atom. The minimum atomic E-state index is -0.300. The molecule has 1 amide bonds. The largest absolute Gasteiger partial charge is 0.430 e. The molecular formula is C11H20N2O3. The molecule has 0 aromatic rings. The highest BCUT2D eigenvalue weighted by Gasteiger charge is 2.50. The summed E-state index contributed by atoms with van der Waals surface area (Å²) in [5, 5.41) is 9.50. The van der Waals surface area contributed by atoms with E-state index < -0.39 is 0 Å². The van der Waals surface area contributed by atoms with Crippen molar-refractivity contribution in [3.8, 4) is 0 Å². The molecule has 5 nitrogen and oxygen atoms in total. The van der Waals surface area contributed by atoms with Gasteiger partial charge in [-0.25, -0.2) is 4.79 Å². The van der Waals surface area contributed by atoms with Gasteiger partial charge in [-0.1, -0.05) is 0 Å². The van der Waals surface area contributed by atoms with E-state index in [0.29, 0.717) is 0 Å². The van der Waals surface area contributed by atoms with Gasteiger partial charge in [-0.15, -0.1) is 0 Å². The van der Waals surface area contributed by atoms with Gasteiger partial charge in [-0.3, -0.25) is 4.90 Å². The van der Waals surface area contributed by atoms with Crippen molar-refractivity contribution < 1.29 is 14.6 Å². The maximum Gasteiger partial charge on any atom is 0.410 e. The maximum atomic E-state index is 11.5. The van der Waals surface area contributed by atoms with Gasteiger partial charge in [0.1, 0.15) is 0 Å². The molecule has 92 valence electrons. The molecule has 2 rings (SSSR count). The van der Waals surface area contributed by atoms with Crippen LogP contribution in [0.2, 0.25) is 0 Å². The summed E-state index contributed by atoms with van der Waals surface area (Å²) in [5.41, 5.74) is -0.114. The predicted molar refractivity (Wildman–Crippen MR) is 58.9 cm³/mol. The molecule has 2 fully saturated rings. The minimum absolute atomic E-state index is 0.114. The van der Waals surface area contributed by atoms with Gasteiger partial charge in [-0.05, 0) is 19.3 Å². The molecule has 16 heavy (non-hydrogen) atoms. The predicted octanol–water partition coefficient (Wildman–Crippen LogP) is 0.631. The molecule has 0 saturated carbocycles. The number of aliphatic hydroxyl groups excluding tert-OH is 1. The zero-order chi connectivity index (χ0) is 11.8. The number of nitrogens with zero attached hydrogens (tertiary/aromatic N) is 2. The Kier molecular flexibility index (Phi) is 3.08. The fourth-order valence-electron chi connectivity index (χ4n) is 2.82. The first-order valence-corrected chi connectivity index (χ1v) is 5.85. The van der Waals surface area contributed by atoms with Crippen LogP contribution in [0.15, 0.2) is 0 Å². The number of ether oxygens (including phenoxy) is 1. The summed E-state index contributed by atoms with van der Waals surface area (Å²) in [5.74, 6) is 0. The van der Waals surface area contributed by atoms with E-state index in [2.05, 4.69) is 4.90 Å². The summed E-state index contributed by atoms with van der Waals surface area (Å²) >= 11 is 0. The van der Waals surface area contributed by atoms with Crippen molar-refractivity contribution in [1.82, 2.24) is 9.80 Å². The monoisotopic (exact) mass is 228 g/mol. The van der Waals surface area contributed by atoms with E-state index in [4.69, 9.17) is 4.74 Å². The van der Waals surface area contributed by atoms with Gasteiger partial charge in [0.05, 0.1) is 6.61 Å². The van der Waals surface area contributed by atoms with E-state index in [9.17, 15) is 9.90 Å². The summed E-state index contributed by atoms with van der Waals surface area (Å²) in [6.45, 7) is 1.09. The van der Waals surface area contributed by atoms with Crippen LogP contribution in [-0.2, 0) is 4.74 Å². The molecule has 2 aliphatic heterocycles. The molecule has 2 atom stereocenters. The first-order valence-electron chi connectivity index (χ1n) is 5.85. The molecule has 0 bridgehead atoms. The molecule has 0 radical (unpaired) electrons. The van der Waals surface area contributed by atoms with Crippen molar-refractivity contribution in [2.45, 2.75) is 37.5 Å². The topological polar surface area (TPSA) is 53.0 Å². The molecule has 1 N–H and O–H groups in total. The quantitative estimate of drug-likeness (QED) is 0.753. The van der Waals surface area contributed by atoms with Crippen LogP contribution in [0.25, 0.3) is 0 Å². The van der Waals surface area contributed by atoms with E-state index in [1.807, 2.05) is 0 Å². The lowest BCUT2D eigenvalue weighted by molar-refractivity contribution is -0.0338. The second-order valence-corrected chi connectivity index (χ2v) is 4.95. The molecule has 0 aromatic carbocycles. The maximum absolute atomic E-state index is 11.5. The summed E-state index contributed by atoms with van der Waals surface area (Å²) in [6.07, 6.45) is 3.40. The van der Waals surface area contributed by atoms with Gasteiger partial charge in [0.15, 0.2) is 6.23 Å². The zero-order valence-corrected chi connectivity index (χ0v) is 9.98. The number of hydrogen-bond acceptors (Lipinski definition) is 4. The van der Waals surface area contributed by atoms with E-state index in [0.717, 1.165) is 32.2 Å². The third-order valence-corrected chi connectivity index (χ3v) is 3.75. The third-order valence-electron chi connectivity index (χ3n) is 3.75. The normalized spacial score (nSPS) is 33.8. The van der Waals surface area contributed by atoms with Gasteiger partial charge >= 0.3 is 6.09 Å². The van der Waals surface area contributed by atoms with Gasteiger partial charge in [-0.2, -0.15) is 0 Å². The van der Waals surface area contributed by atoms with E-state index in [1.165, 1.54) is 4.90 Å². The van der Waals surface area contributed by atoms with Crippen molar-refractivity contribution in [3.05, 3.63) is 0 Å². The molecule has 0 aromatic heterocycles. The first kappa shape index (κ1) is 11.7. The molecular weight excluding hydrogens is 208 g/mol. The van der Waals surface area contributed by atoms with Crippen molar-refractivity contribution in [3.63, 3.8) is 0 Å².